The number of imide groups is 1. The number of aromatic hydroxyl groups is 1. The molecule has 330 valence electrons. The minimum atomic E-state index is -2.98. The molecule has 8 nitrogen and oxygen atoms in total. The van der Waals surface area contributed by atoms with Gasteiger partial charge in [0, 0.05) is 25.7 Å². The average Bonchev–Trinajstić information content (AvgIpc) is 3.53. The summed E-state index contributed by atoms with van der Waals surface area (Å²) in [4.78, 5) is 33.8. The van der Waals surface area contributed by atoms with Crippen LogP contribution in [0.4, 0.5) is 0 Å². The lowest BCUT2D eigenvalue weighted by atomic mass is 9.58. The lowest BCUT2D eigenvalue weighted by Gasteiger charge is -2.46. The van der Waals surface area contributed by atoms with Crippen LogP contribution < -0.4 is 10.4 Å². The number of nitrogens with zero attached hydrogens (tertiary/aromatic N) is 2. The third-order valence-electron chi connectivity index (χ3n) is 14.5. The largest absolute Gasteiger partial charge is 0.507 e. The van der Waals surface area contributed by atoms with Crippen molar-refractivity contribution in [2.45, 2.75) is 110 Å². The van der Waals surface area contributed by atoms with E-state index in [-0.39, 0.29) is 35.1 Å². The predicted molar refractivity (Wildman–Crippen MR) is 255 cm³/mol. The summed E-state index contributed by atoms with van der Waals surface area (Å²) in [5.74, 6) is -1.22. The van der Waals surface area contributed by atoms with Crippen molar-refractivity contribution in [3.8, 4) is 5.75 Å². The Morgan fingerprint density at radius 2 is 1.46 bits per heavy atom. The number of allylic oxidation sites excluding steroid dienone is 1. The van der Waals surface area contributed by atoms with Crippen LogP contribution in [-0.2, 0) is 25.2 Å². The van der Waals surface area contributed by atoms with E-state index in [4.69, 9.17) is 9.08 Å². The highest BCUT2D eigenvalue weighted by molar-refractivity contribution is 6.99. The van der Waals surface area contributed by atoms with Gasteiger partial charge >= 0.3 is 7.12 Å². The van der Waals surface area contributed by atoms with Gasteiger partial charge in [-0.2, -0.15) is 0 Å². The van der Waals surface area contributed by atoms with Gasteiger partial charge in [0.15, 0.2) is 0 Å². The Kier molecular flexibility index (Phi) is 13.5. The number of hydrogen-bond acceptors (Lipinski definition) is 7. The molecule has 0 saturated carbocycles. The van der Waals surface area contributed by atoms with E-state index in [1.165, 1.54) is 21.5 Å². The molecule has 4 aromatic carbocycles. The maximum atomic E-state index is 14.9. The number of carbonyl (C=O) groups is 2. The first-order valence-electron chi connectivity index (χ1n) is 23.2. The Labute approximate surface area is 376 Å². The summed E-state index contributed by atoms with van der Waals surface area (Å²) in [6, 6.07) is 35.6. The van der Waals surface area contributed by atoms with Gasteiger partial charge in [-0.25, -0.2) is 0 Å². The SMILES string of the molecule is CC/C(=C\c1cc(C)c(O)c(C)c1)CC[C@H]1OB(O)C[C@H]2C1=C(CO[Si](c1ccccc1)(c1ccccc1)C(C)(C)C)C[C@H]1C(=O)N(C3CCN(Cc4ccccc4)CC3)C(=O)[C@H]12. The number of rotatable bonds is 13. The number of fused-ring (bicyclic) bond motifs is 3. The second kappa shape index (κ2) is 18.9. The van der Waals surface area contributed by atoms with Gasteiger partial charge in [0.1, 0.15) is 5.75 Å². The molecule has 4 atom stereocenters. The molecular weight excluding hydrogens is 799 g/mol. The Hall–Kier alpha value is -4.58. The maximum Gasteiger partial charge on any atom is 0.455 e. The summed E-state index contributed by atoms with van der Waals surface area (Å²) in [6.07, 6.45) is 6.12. The minimum absolute atomic E-state index is 0.0678. The summed E-state index contributed by atoms with van der Waals surface area (Å²) < 4.78 is 14.2. The predicted octanol–water partition coefficient (Wildman–Crippen LogP) is 8.62. The van der Waals surface area contributed by atoms with Gasteiger partial charge in [-0.3, -0.25) is 19.4 Å². The fourth-order valence-corrected chi connectivity index (χ4v) is 15.9. The van der Waals surface area contributed by atoms with Gasteiger partial charge in [0.05, 0.1) is 24.5 Å². The number of aryl methyl sites for hydroxylation is 2. The van der Waals surface area contributed by atoms with Crippen molar-refractivity contribution in [1.29, 1.82) is 0 Å². The molecule has 0 aromatic heterocycles. The van der Waals surface area contributed by atoms with Crippen LogP contribution in [0.15, 0.2) is 120 Å². The van der Waals surface area contributed by atoms with Crippen molar-refractivity contribution in [2.75, 3.05) is 19.7 Å². The number of phenols is 1. The number of hydrogen-bond donors (Lipinski definition) is 2. The van der Waals surface area contributed by atoms with Crippen molar-refractivity contribution in [1.82, 2.24) is 9.80 Å². The lowest BCUT2D eigenvalue weighted by Crippen LogP contribution is -2.66. The van der Waals surface area contributed by atoms with E-state index in [0.29, 0.717) is 25.2 Å². The number of benzene rings is 4. The molecule has 4 aromatic rings. The number of phenolic OH excluding ortho intramolecular Hbond substituents is 1. The van der Waals surface area contributed by atoms with Crippen molar-refractivity contribution in [3.05, 3.63) is 142 Å². The third-order valence-corrected chi connectivity index (χ3v) is 19.4. The number of piperidine rings is 1. The van der Waals surface area contributed by atoms with Gasteiger partial charge in [0.2, 0.25) is 11.8 Å². The molecule has 2 N–H and O–H groups in total. The van der Waals surface area contributed by atoms with Crippen LogP contribution in [0.25, 0.3) is 6.08 Å². The highest BCUT2D eigenvalue weighted by Crippen LogP contribution is 2.52. The van der Waals surface area contributed by atoms with Crippen molar-refractivity contribution >= 4 is 43.7 Å². The van der Waals surface area contributed by atoms with Crippen LogP contribution in [-0.4, -0.2) is 79.0 Å². The quantitative estimate of drug-likeness (QED) is 0.0790. The second-order valence-electron chi connectivity index (χ2n) is 19.5. The Balaban J connectivity index is 1.14. The third kappa shape index (κ3) is 9.07. The molecule has 0 unspecified atom stereocenters. The van der Waals surface area contributed by atoms with Crippen LogP contribution in [0, 0.1) is 31.6 Å². The van der Waals surface area contributed by atoms with Crippen molar-refractivity contribution < 1.29 is 28.8 Å². The first-order chi connectivity index (χ1) is 30.3. The van der Waals surface area contributed by atoms with Crippen molar-refractivity contribution in [2.24, 2.45) is 17.8 Å². The molecule has 0 bridgehead atoms. The molecule has 4 aliphatic rings. The Bertz CT molecular complexity index is 2260. The molecule has 2 amide bonds. The summed E-state index contributed by atoms with van der Waals surface area (Å²) in [5, 5.41) is 24.1. The first kappa shape index (κ1) is 45.0. The van der Waals surface area contributed by atoms with Crippen LogP contribution in [0.5, 0.6) is 5.75 Å². The molecule has 63 heavy (non-hydrogen) atoms. The molecule has 1 aliphatic carbocycles. The molecule has 3 saturated heterocycles. The van der Waals surface area contributed by atoms with Crippen LogP contribution in [0.3, 0.4) is 0 Å². The average molecular weight is 865 g/mol. The topological polar surface area (TPSA) is 99.5 Å². The van der Waals surface area contributed by atoms with Crippen LogP contribution >= 0.6 is 0 Å². The minimum Gasteiger partial charge on any atom is -0.507 e. The van der Waals surface area contributed by atoms with Gasteiger partial charge in [-0.15, -0.1) is 0 Å². The maximum absolute atomic E-state index is 14.9. The fourth-order valence-electron chi connectivity index (χ4n) is 11.4. The number of carbonyl (C=O) groups excluding carboxylic acids is 2. The van der Waals surface area contributed by atoms with E-state index in [9.17, 15) is 19.7 Å². The lowest BCUT2D eigenvalue weighted by molar-refractivity contribution is -0.144. The van der Waals surface area contributed by atoms with Gasteiger partial charge in [-0.05, 0) is 126 Å². The van der Waals surface area contributed by atoms with Crippen LogP contribution in [0.2, 0.25) is 11.4 Å². The van der Waals surface area contributed by atoms with E-state index in [1.54, 1.807) is 4.90 Å². The molecule has 3 aliphatic heterocycles. The van der Waals surface area contributed by atoms with E-state index in [0.717, 1.165) is 73.2 Å². The number of likely N-dealkylation sites (tertiary alicyclic amines) is 2. The number of amides is 2. The summed E-state index contributed by atoms with van der Waals surface area (Å²) in [6.45, 7) is 15.6. The van der Waals surface area contributed by atoms with Gasteiger partial charge in [-0.1, -0.05) is 130 Å². The zero-order valence-corrected chi connectivity index (χ0v) is 39.1. The second-order valence-corrected chi connectivity index (χ2v) is 23.8. The van der Waals surface area contributed by atoms with E-state index in [1.807, 2.05) is 44.2 Å². The van der Waals surface area contributed by atoms with E-state index in [2.05, 4.69) is 111 Å². The zero-order valence-electron chi connectivity index (χ0n) is 38.1. The Morgan fingerprint density at radius 1 is 0.873 bits per heavy atom. The molecular formula is C53H65BN2O6Si. The molecule has 10 heteroatoms. The fraction of sp³-hybridized carbons (Fsp3) is 0.434. The van der Waals surface area contributed by atoms with Crippen LogP contribution in [0.1, 0.15) is 88.5 Å². The summed E-state index contributed by atoms with van der Waals surface area (Å²) in [7, 11) is -4.04. The zero-order chi connectivity index (χ0) is 44.5. The van der Waals surface area contributed by atoms with E-state index < -0.39 is 33.4 Å². The standard InChI is InChI=1S/C53H65BN2O6Si/c1-7-38(31-40-29-36(2)50(57)37(3)30-40)23-24-47-48-41(35-61-63(53(4,5)6,43-19-13-9-14-20-43)44-21-15-10-16-22-44)32-45-49(46(48)33-54(60)62-47)52(59)56(51(45)58)42-25-27-55(28-26-42)34-39-17-11-8-12-18-39/h8-22,29-31,42,45-47,49,57,60H,7,23-28,32-35H2,1-6H3/b38-31+/t45-,46+,47-,49-/m1/s1. The highest BCUT2D eigenvalue weighted by Gasteiger charge is 2.59. The molecule has 8 rings (SSSR count). The molecule has 3 fully saturated rings. The van der Waals surface area contributed by atoms with Gasteiger partial charge in [0.25, 0.3) is 8.32 Å². The molecule has 0 spiro atoms. The highest BCUT2D eigenvalue weighted by atomic mass is 28.4. The van der Waals surface area contributed by atoms with E-state index >= 15 is 0 Å². The molecule has 0 radical (unpaired) electrons. The van der Waals surface area contributed by atoms with Gasteiger partial charge < -0.3 is 19.2 Å². The monoisotopic (exact) mass is 864 g/mol. The summed E-state index contributed by atoms with van der Waals surface area (Å²) in [5.41, 5.74) is 7.31. The normalized spacial score (nSPS) is 22.7. The Morgan fingerprint density at radius 3 is 2.03 bits per heavy atom. The summed E-state index contributed by atoms with van der Waals surface area (Å²) >= 11 is 0. The van der Waals surface area contributed by atoms with Crippen molar-refractivity contribution in [3.63, 3.8) is 0 Å². The smallest absolute Gasteiger partial charge is 0.455 e. The molecule has 3 heterocycles. The first-order valence-corrected chi connectivity index (χ1v) is 25.1.